The molecule has 0 saturated heterocycles. The van der Waals surface area contributed by atoms with E-state index in [-0.39, 0.29) is 5.97 Å². The first-order chi connectivity index (χ1) is 14.7. The fraction of sp³-hybridized carbons (Fsp3) is 0.231. The molecule has 0 N–H and O–H groups in total. The molecule has 0 bridgehead atoms. The lowest BCUT2D eigenvalue weighted by molar-refractivity contribution is -0.143. The van der Waals surface area contributed by atoms with E-state index in [1.807, 2.05) is 18.2 Å². The lowest BCUT2D eigenvalue weighted by atomic mass is 9.98. The Kier molecular flexibility index (Phi) is 5.94. The summed E-state index contributed by atoms with van der Waals surface area (Å²) in [6, 6.07) is 16.6. The second-order valence-electron chi connectivity index (χ2n) is 7.51. The molecule has 0 amide bonds. The first-order valence-corrected chi connectivity index (χ1v) is 10.4. The van der Waals surface area contributed by atoms with Gasteiger partial charge in [0.25, 0.3) is 0 Å². The van der Waals surface area contributed by atoms with E-state index < -0.39 is 0 Å². The molecule has 1 aromatic heterocycles. The van der Waals surface area contributed by atoms with Crippen molar-refractivity contribution in [2.45, 2.75) is 39.5 Å². The van der Waals surface area contributed by atoms with Gasteiger partial charge in [-0.2, -0.15) is 0 Å². The van der Waals surface area contributed by atoms with Crippen molar-refractivity contribution in [3.8, 4) is 0 Å². The Morgan fingerprint density at radius 1 is 1.13 bits per heavy atom. The van der Waals surface area contributed by atoms with Crippen LogP contribution in [0.1, 0.15) is 42.9 Å². The van der Waals surface area contributed by atoms with Gasteiger partial charge < -0.3 is 9.40 Å². The number of carbonyl (C=O) groups is 1. The third-order valence-electron chi connectivity index (χ3n) is 5.49. The Balaban J connectivity index is 1.84. The smallest absolute Gasteiger partial charge is 0.320 e. The largest absolute Gasteiger partial charge is 0.334 e. The number of allylic oxidation sites excluding steroid dienone is 4. The third-order valence-corrected chi connectivity index (χ3v) is 5.49. The molecule has 2 aromatic carbocycles. The van der Waals surface area contributed by atoms with Gasteiger partial charge in [-0.3, -0.25) is 0 Å². The fourth-order valence-corrected chi connectivity index (χ4v) is 3.77. The van der Waals surface area contributed by atoms with Crippen LogP contribution in [0.2, 0.25) is 0 Å². The van der Waals surface area contributed by atoms with E-state index in [1.54, 1.807) is 6.92 Å². The van der Waals surface area contributed by atoms with Gasteiger partial charge in [-0.25, -0.2) is 4.79 Å². The summed E-state index contributed by atoms with van der Waals surface area (Å²) in [7, 11) is 0. The molecule has 0 fully saturated rings. The average molecular weight is 399 g/mol. The third kappa shape index (κ3) is 4.13. The molecule has 0 atom stereocenters. The van der Waals surface area contributed by atoms with Crippen molar-refractivity contribution >= 4 is 28.3 Å². The zero-order valence-electron chi connectivity index (χ0n) is 17.5. The van der Waals surface area contributed by atoms with Gasteiger partial charge in [-0.15, -0.1) is 0 Å². The number of benzene rings is 2. The second-order valence-corrected chi connectivity index (χ2v) is 7.51. The van der Waals surface area contributed by atoms with Crippen molar-refractivity contribution in [3.05, 3.63) is 89.6 Å². The summed E-state index contributed by atoms with van der Waals surface area (Å²) in [5.74, 6) is -0.332. The van der Waals surface area contributed by atoms with Gasteiger partial charge in [-0.05, 0) is 43.0 Å². The summed E-state index contributed by atoms with van der Waals surface area (Å²) in [4.78, 5) is 17.1. The molecule has 0 unspecified atom stereocenters. The van der Waals surface area contributed by atoms with Gasteiger partial charge in [0.15, 0.2) is 0 Å². The minimum Gasteiger partial charge on any atom is -0.320 e. The number of hydrogen-bond acceptors (Lipinski definition) is 3. The van der Waals surface area contributed by atoms with Crippen LogP contribution in [0.4, 0.5) is 0 Å². The predicted octanol–water partition coefficient (Wildman–Crippen LogP) is 6.04. The van der Waals surface area contributed by atoms with Crippen LogP contribution in [-0.4, -0.2) is 16.2 Å². The Labute approximate surface area is 177 Å². The highest BCUT2D eigenvalue weighted by molar-refractivity contribution is 6.12. The SMILES string of the molecule is CCC(=O)O/N=C(\Cc1ccccc1C)c1cn(C2=CC=CCC2)c2ccccc12. The zero-order valence-corrected chi connectivity index (χ0v) is 17.5. The molecule has 152 valence electrons. The Bertz CT molecular complexity index is 1160. The molecule has 4 rings (SSSR count). The number of aromatic nitrogens is 1. The van der Waals surface area contributed by atoms with Crippen molar-refractivity contribution in [3.63, 3.8) is 0 Å². The van der Waals surface area contributed by atoms with Crippen LogP contribution in [0.25, 0.3) is 16.6 Å². The molecule has 30 heavy (non-hydrogen) atoms. The maximum absolute atomic E-state index is 11.8. The maximum Gasteiger partial charge on any atom is 0.334 e. The number of nitrogens with zero attached hydrogens (tertiary/aromatic N) is 2. The molecular formula is C26H26N2O2. The van der Waals surface area contributed by atoms with Crippen LogP contribution in [0, 0.1) is 6.92 Å². The zero-order chi connectivity index (χ0) is 20.9. The Morgan fingerprint density at radius 2 is 1.93 bits per heavy atom. The van der Waals surface area contributed by atoms with Gasteiger partial charge >= 0.3 is 5.97 Å². The molecule has 0 spiro atoms. The molecule has 0 saturated carbocycles. The summed E-state index contributed by atoms with van der Waals surface area (Å²) in [5, 5.41) is 5.43. The monoisotopic (exact) mass is 398 g/mol. The number of rotatable bonds is 6. The lowest BCUT2D eigenvalue weighted by Crippen LogP contribution is -2.09. The number of fused-ring (bicyclic) bond motifs is 1. The Morgan fingerprint density at radius 3 is 2.70 bits per heavy atom. The highest BCUT2D eigenvalue weighted by atomic mass is 16.7. The number of aryl methyl sites for hydroxylation is 1. The minimum atomic E-state index is -0.332. The van der Waals surface area contributed by atoms with E-state index in [0.29, 0.717) is 12.8 Å². The molecule has 4 heteroatoms. The van der Waals surface area contributed by atoms with E-state index in [1.165, 1.54) is 16.8 Å². The first kappa shape index (κ1) is 19.9. The molecule has 0 radical (unpaired) electrons. The van der Waals surface area contributed by atoms with Gasteiger partial charge in [0.05, 0.1) is 11.2 Å². The first-order valence-electron chi connectivity index (χ1n) is 10.4. The highest BCUT2D eigenvalue weighted by Crippen LogP contribution is 2.29. The normalized spacial score (nSPS) is 14.1. The van der Waals surface area contributed by atoms with Crippen molar-refractivity contribution in [1.29, 1.82) is 0 Å². The quantitative estimate of drug-likeness (QED) is 0.289. The van der Waals surface area contributed by atoms with Crippen molar-refractivity contribution in [2.24, 2.45) is 5.16 Å². The molecule has 1 aliphatic carbocycles. The number of para-hydroxylation sites is 1. The van der Waals surface area contributed by atoms with Gasteiger partial charge in [0.1, 0.15) is 0 Å². The van der Waals surface area contributed by atoms with Crippen LogP contribution in [-0.2, 0) is 16.1 Å². The fourth-order valence-electron chi connectivity index (χ4n) is 3.77. The summed E-state index contributed by atoms with van der Waals surface area (Å²) >= 11 is 0. The average Bonchev–Trinajstić information content (AvgIpc) is 3.18. The van der Waals surface area contributed by atoms with E-state index >= 15 is 0 Å². The van der Waals surface area contributed by atoms with Crippen LogP contribution >= 0.6 is 0 Å². The second kappa shape index (κ2) is 8.95. The van der Waals surface area contributed by atoms with Crippen LogP contribution < -0.4 is 0 Å². The topological polar surface area (TPSA) is 43.6 Å². The summed E-state index contributed by atoms with van der Waals surface area (Å²) in [6.07, 6.45) is 11.5. The standard InChI is InChI=1S/C26H26N2O2/c1-3-26(29)30-27-24(17-20-12-8-7-11-19(20)2)23-18-28(21-13-5-4-6-14-21)25-16-10-9-15-22(23)25/h4-5,7-13,15-16,18H,3,6,14,17H2,1-2H3/b27-24+. The number of oxime groups is 1. The van der Waals surface area contributed by atoms with Crippen molar-refractivity contribution in [2.75, 3.05) is 0 Å². The number of hydrogen-bond donors (Lipinski definition) is 0. The van der Waals surface area contributed by atoms with E-state index in [9.17, 15) is 4.79 Å². The summed E-state index contributed by atoms with van der Waals surface area (Å²) in [5.41, 5.74) is 6.49. The molecular weight excluding hydrogens is 372 g/mol. The van der Waals surface area contributed by atoms with Crippen molar-refractivity contribution < 1.29 is 9.63 Å². The Hall–Kier alpha value is -3.40. The van der Waals surface area contributed by atoms with E-state index in [0.717, 1.165) is 35.0 Å². The van der Waals surface area contributed by atoms with E-state index in [2.05, 4.69) is 71.4 Å². The van der Waals surface area contributed by atoms with E-state index in [4.69, 9.17) is 4.84 Å². The molecule has 1 aliphatic rings. The maximum atomic E-state index is 11.8. The van der Waals surface area contributed by atoms with Gasteiger partial charge in [-0.1, -0.05) is 66.7 Å². The molecule has 1 heterocycles. The van der Waals surface area contributed by atoms with Crippen LogP contribution in [0.5, 0.6) is 0 Å². The van der Waals surface area contributed by atoms with Crippen LogP contribution in [0.3, 0.4) is 0 Å². The molecule has 3 aromatic rings. The van der Waals surface area contributed by atoms with Gasteiger partial charge in [0.2, 0.25) is 0 Å². The van der Waals surface area contributed by atoms with Gasteiger partial charge in [0, 0.05) is 35.7 Å². The summed E-state index contributed by atoms with van der Waals surface area (Å²) in [6.45, 7) is 3.86. The van der Waals surface area contributed by atoms with Crippen LogP contribution in [0.15, 0.2) is 78.1 Å². The lowest BCUT2D eigenvalue weighted by Gasteiger charge is -2.12. The summed E-state index contributed by atoms with van der Waals surface area (Å²) < 4.78 is 2.24. The van der Waals surface area contributed by atoms with Crippen molar-refractivity contribution in [1.82, 2.24) is 4.57 Å². The minimum absolute atomic E-state index is 0.294. The number of carbonyl (C=O) groups excluding carboxylic acids is 1. The molecule has 0 aliphatic heterocycles. The predicted molar refractivity (Wildman–Crippen MR) is 122 cm³/mol. The highest BCUT2D eigenvalue weighted by Gasteiger charge is 2.18. The molecule has 4 nitrogen and oxygen atoms in total.